The molecule has 0 spiro atoms. The summed E-state index contributed by atoms with van der Waals surface area (Å²) in [4.78, 5) is 36.4. The highest BCUT2D eigenvalue weighted by Crippen LogP contribution is 2.39. The molecule has 8 nitrogen and oxygen atoms in total. The molecule has 1 heterocycles. The SMILES string of the molecule is C=C(CC(C(=O)OC)C(=O)OC)[C@@H](CC(=O)OC)B1Nc2cccc3cccc(c23)N1. The van der Waals surface area contributed by atoms with Crippen LogP contribution in [0.25, 0.3) is 10.8 Å². The number of ether oxygens (including phenoxy) is 3. The van der Waals surface area contributed by atoms with Gasteiger partial charge >= 0.3 is 24.9 Å². The first-order valence-electron chi connectivity index (χ1n) is 9.84. The normalized spacial score (nSPS) is 13.1. The second kappa shape index (κ2) is 9.55. The third-order valence-corrected chi connectivity index (χ3v) is 5.51. The van der Waals surface area contributed by atoms with Gasteiger partial charge < -0.3 is 24.7 Å². The molecule has 3 rings (SSSR count). The fourth-order valence-electron chi connectivity index (χ4n) is 3.88. The second-order valence-corrected chi connectivity index (χ2v) is 7.32. The number of anilines is 2. The van der Waals surface area contributed by atoms with E-state index >= 15 is 0 Å². The third kappa shape index (κ3) is 4.65. The standard InChI is InChI=1S/C22H25BN2O6/c1-13(11-15(21(27)30-3)22(28)31-4)16(12-19(26)29-2)23-24-17-9-5-7-14-8-6-10-18(25-23)20(14)17/h5-10,15-16,24-25H,1,11-12H2,2-4H3/t16-/m1/s1. The smallest absolute Gasteiger partial charge is 0.378 e. The molecule has 0 saturated heterocycles. The number of benzene rings is 2. The summed E-state index contributed by atoms with van der Waals surface area (Å²) < 4.78 is 14.4. The Morgan fingerprint density at radius 1 is 0.903 bits per heavy atom. The van der Waals surface area contributed by atoms with Gasteiger partial charge in [-0.25, -0.2) is 0 Å². The molecular weight excluding hydrogens is 399 g/mol. The van der Waals surface area contributed by atoms with Crippen molar-refractivity contribution in [2.75, 3.05) is 31.8 Å². The van der Waals surface area contributed by atoms with Gasteiger partial charge in [0.05, 0.1) is 21.3 Å². The average molecular weight is 424 g/mol. The number of carbonyl (C=O) groups excluding carboxylic acids is 3. The molecule has 162 valence electrons. The minimum atomic E-state index is -1.16. The molecule has 0 radical (unpaired) electrons. The molecule has 0 bridgehead atoms. The zero-order valence-electron chi connectivity index (χ0n) is 17.8. The molecule has 0 aliphatic carbocycles. The molecule has 0 unspecified atom stereocenters. The Morgan fingerprint density at radius 2 is 1.45 bits per heavy atom. The fourth-order valence-corrected chi connectivity index (χ4v) is 3.88. The molecule has 0 aromatic heterocycles. The van der Waals surface area contributed by atoms with E-state index in [4.69, 9.17) is 14.2 Å². The van der Waals surface area contributed by atoms with E-state index in [-0.39, 0.29) is 12.8 Å². The number of nitrogens with one attached hydrogen (secondary N) is 2. The first-order chi connectivity index (χ1) is 14.9. The summed E-state index contributed by atoms with van der Waals surface area (Å²) in [6.07, 6.45) is -0.0140. The predicted octanol–water partition coefficient (Wildman–Crippen LogP) is 3.01. The number of esters is 3. The van der Waals surface area contributed by atoms with Gasteiger partial charge in [-0.3, -0.25) is 14.4 Å². The van der Waals surface area contributed by atoms with E-state index in [2.05, 4.69) is 17.0 Å². The van der Waals surface area contributed by atoms with Crippen LogP contribution in [-0.2, 0) is 28.6 Å². The summed E-state index contributed by atoms with van der Waals surface area (Å²) >= 11 is 0. The minimum Gasteiger partial charge on any atom is -0.469 e. The summed E-state index contributed by atoms with van der Waals surface area (Å²) in [5.74, 6) is -3.51. The molecular formula is C22H25BN2O6. The number of carbonyl (C=O) groups is 3. The predicted molar refractivity (Wildman–Crippen MR) is 119 cm³/mol. The summed E-state index contributed by atoms with van der Waals surface area (Å²) in [6, 6.07) is 11.9. The number of methoxy groups -OCH3 is 3. The van der Waals surface area contributed by atoms with Gasteiger partial charge in [0.1, 0.15) is 0 Å². The first-order valence-corrected chi connectivity index (χ1v) is 9.84. The van der Waals surface area contributed by atoms with Crippen LogP contribution in [0.15, 0.2) is 48.6 Å². The largest absolute Gasteiger partial charge is 0.469 e. The van der Waals surface area contributed by atoms with Crippen LogP contribution in [0.4, 0.5) is 11.4 Å². The van der Waals surface area contributed by atoms with Gasteiger partial charge in [-0.1, -0.05) is 29.8 Å². The Morgan fingerprint density at radius 3 is 1.94 bits per heavy atom. The highest BCUT2D eigenvalue weighted by molar-refractivity contribution is 6.70. The quantitative estimate of drug-likeness (QED) is 0.219. The fraction of sp³-hybridized carbons (Fsp3) is 0.318. The van der Waals surface area contributed by atoms with Crippen molar-refractivity contribution in [1.82, 2.24) is 0 Å². The van der Waals surface area contributed by atoms with Crippen LogP contribution in [0.5, 0.6) is 0 Å². The maximum absolute atomic E-state index is 12.2. The average Bonchev–Trinajstić information content (AvgIpc) is 2.79. The van der Waals surface area contributed by atoms with Crippen molar-refractivity contribution in [2.24, 2.45) is 5.92 Å². The lowest BCUT2D eigenvalue weighted by atomic mass is 9.55. The number of hydrogen-bond donors (Lipinski definition) is 2. The van der Waals surface area contributed by atoms with Crippen LogP contribution >= 0.6 is 0 Å². The molecule has 2 aromatic carbocycles. The molecule has 1 atom stereocenters. The molecule has 9 heteroatoms. The van der Waals surface area contributed by atoms with Crippen molar-refractivity contribution < 1.29 is 28.6 Å². The highest BCUT2D eigenvalue weighted by Gasteiger charge is 2.38. The van der Waals surface area contributed by atoms with E-state index in [1.54, 1.807) is 0 Å². The number of rotatable bonds is 8. The zero-order valence-corrected chi connectivity index (χ0v) is 17.8. The Kier molecular flexibility index (Phi) is 6.84. The second-order valence-electron chi connectivity index (χ2n) is 7.32. The molecule has 31 heavy (non-hydrogen) atoms. The van der Waals surface area contributed by atoms with Gasteiger partial charge in [0.15, 0.2) is 5.92 Å². The van der Waals surface area contributed by atoms with E-state index in [9.17, 15) is 14.4 Å². The van der Waals surface area contributed by atoms with Gasteiger partial charge in [0, 0.05) is 29.0 Å². The molecule has 1 aliphatic heterocycles. The summed E-state index contributed by atoms with van der Waals surface area (Å²) in [5, 5.41) is 8.96. The molecule has 0 saturated carbocycles. The molecule has 2 N–H and O–H groups in total. The van der Waals surface area contributed by atoms with Crippen LogP contribution in [0, 0.1) is 5.92 Å². The molecule has 0 fully saturated rings. The van der Waals surface area contributed by atoms with E-state index in [0.717, 1.165) is 22.1 Å². The summed E-state index contributed by atoms with van der Waals surface area (Å²) in [7, 11) is 3.72. The minimum absolute atomic E-state index is 0.00715. The lowest BCUT2D eigenvalue weighted by Gasteiger charge is -2.32. The Balaban J connectivity index is 1.90. The van der Waals surface area contributed by atoms with Crippen molar-refractivity contribution in [2.45, 2.75) is 18.7 Å². The van der Waals surface area contributed by atoms with E-state index in [0.29, 0.717) is 5.57 Å². The Bertz CT molecular complexity index is 967. The maximum Gasteiger partial charge on any atom is 0.378 e. The summed E-state index contributed by atoms with van der Waals surface area (Å²) in [5.41, 5.74) is 2.34. The Labute approximate surface area is 181 Å². The lowest BCUT2D eigenvalue weighted by Crippen LogP contribution is -2.43. The Hall–Kier alpha value is -3.49. The van der Waals surface area contributed by atoms with E-state index in [1.807, 2.05) is 36.4 Å². The van der Waals surface area contributed by atoms with Crippen LogP contribution < -0.4 is 10.5 Å². The molecule has 2 aromatic rings. The van der Waals surface area contributed by atoms with Crippen molar-refractivity contribution in [3.05, 3.63) is 48.6 Å². The van der Waals surface area contributed by atoms with Crippen LogP contribution in [-0.4, -0.2) is 46.2 Å². The van der Waals surface area contributed by atoms with Crippen LogP contribution in [0.2, 0.25) is 5.82 Å². The topological polar surface area (TPSA) is 103 Å². The number of allylic oxidation sites excluding steroid dienone is 1. The van der Waals surface area contributed by atoms with Gasteiger partial charge in [0.2, 0.25) is 0 Å². The van der Waals surface area contributed by atoms with Gasteiger partial charge in [-0.05, 0) is 23.9 Å². The van der Waals surface area contributed by atoms with Crippen molar-refractivity contribution in [3.8, 4) is 0 Å². The monoisotopic (exact) mass is 424 g/mol. The van der Waals surface area contributed by atoms with E-state index in [1.165, 1.54) is 21.3 Å². The highest BCUT2D eigenvalue weighted by atomic mass is 16.5. The maximum atomic E-state index is 12.2. The number of hydrogen-bond acceptors (Lipinski definition) is 8. The van der Waals surface area contributed by atoms with Crippen molar-refractivity contribution in [3.63, 3.8) is 0 Å². The van der Waals surface area contributed by atoms with Gasteiger partial charge in [-0.15, -0.1) is 6.58 Å². The lowest BCUT2D eigenvalue weighted by molar-refractivity contribution is -0.158. The third-order valence-electron chi connectivity index (χ3n) is 5.51. The molecule has 1 aliphatic rings. The van der Waals surface area contributed by atoms with E-state index < -0.39 is 36.6 Å². The first kappa shape index (κ1) is 22.2. The van der Waals surface area contributed by atoms with Gasteiger partial charge in [0.25, 0.3) is 0 Å². The molecule has 0 amide bonds. The summed E-state index contributed by atoms with van der Waals surface area (Å²) in [6.45, 7) is 3.68. The van der Waals surface area contributed by atoms with Crippen molar-refractivity contribution >= 4 is 47.0 Å². The van der Waals surface area contributed by atoms with Crippen LogP contribution in [0.3, 0.4) is 0 Å². The zero-order chi connectivity index (χ0) is 22.5. The van der Waals surface area contributed by atoms with Gasteiger partial charge in [-0.2, -0.15) is 0 Å². The van der Waals surface area contributed by atoms with Crippen LogP contribution in [0.1, 0.15) is 12.8 Å². The van der Waals surface area contributed by atoms with Crippen molar-refractivity contribution in [1.29, 1.82) is 0 Å².